The maximum Gasteiger partial charge on any atom is 0.527 e. The molecule has 0 saturated carbocycles. The molecule has 4 nitrogen and oxygen atoms in total. The van der Waals surface area contributed by atoms with E-state index in [2.05, 4.69) is 10.1 Å². The van der Waals surface area contributed by atoms with Gasteiger partial charge < -0.3 is 5.32 Å². The molecule has 3 aromatic carbocycles. The Balaban J connectivity index is 1.85. The van der Waals surface area contributed by atoms with Gasteiger partial charge in [0.15, 0.2) is 0 Å². The van der Waals surface area contributed by atoms with Crippen LogP contribution in [0, 0.1) is 0 Å². The van der Waals surface area contributed by atoms with Crippen LogP contribution in [-0.2, 0) is 15.4 Å². The number of carbonyl (C=O) groups is 1. The van der Waals surface area contributed by atoms with Gasteiger partial charge in [-0.3, -0.25) is 4.79 Å². The van der Waals surface area contributed by atoms with Gasteiger partial charge in [-0.25, -0.2) is 9.47 Å². The third-order valence-electron chi connectivity index (χ3n) is 5.09. The van der Waals surface area contributed by atoms with E-state index < -0.39 is 53.7 Å². The molecule has 0 heterocycles. The Labute approximate surface area is 214 Å². The van der Waals surface area contributed by atoms with E-state index in [1.165, 1.54) is 18.2 Å². The fourth-order valence-corrected chi connectivity index (χ4v) is 3.16. The van der Waals surface area contributed by atoms with Crippen molar-refractivity contribution in [3.63, 3.8) is 0 Å². The molecule has 1 N–H and O–H groups in total. The SMILES string of the molecule is O=C(Nc1cccc(C(F)(F)C(F)(F)OC(F)(F)C(F)(F)C(F)(F)OC(F)(F)F)c1)c1ccc2ccccc2c1. The average Bonchev–Trinajstić information content (AvgIpc) is 2.81. The van der Waals surface area contributed by atoms with Crippen molar-refractivity contribution in [2.24, 2.45) is 0 Å². The molecule has 0 aliphatic rings. The molecule has 3 aromatic rings. The number of benzene rings is 3. The summed E-state index contributed by atoms with van der Waals surface area (Å²) < 4.78 is 177. The van der Waals surface area contributed by atoms with Crippen molar-refractivity contribution < 1.29 is 71.3 Å². The summed E-state index contributed by atoms with van der Waals surface area (Å²) in [5, 5.41) is 3.35. The van der Waals surface area contributed by atoms with E-state index in [1.54, 1.807) is 29.0 Å². The number of halogens is 13. The lowest BCUT2D eigenvalue weighted by Crippen LogP contribution is -2.61. The van der Waals surface area contributed by atoms with Gasteiger partial charge in [-0.1, -0.05) is 42.5 Å². The van der Waals surface area contributed by atoms with Crippen LogP contribution in [0.3, 0.4) is 0 Å². The highest BCUT2D eigenvalue weighted by molar-refractivity contribution is 6.06. The van der Waals surface area contributed by atoms with Crippen molar-refractivity contribution >= 4 is 22.4 Å². The normalized spacial score (nSPS) is 13.9. The van der Waals surface area contributed by atoms with Crippen LogP contribution in [0.1, 0.15) is 15.9 Å². The van der Waals surface area contributed by atoms with E-state index in [0.717, 1.165) is 6.07 Å². The van der Waals surface area contributed by atoms with Gasteiger partial charge in [-0.2, -0.15) is 43.9 Å². The largest absolute Gasteiger partial charge is 0.527 e. The Morgan fingerprint density at radius 1 is 0.600 bits per heavy atom. The number of fused-ring (bicyclic) bond motifs is 1. The van der Waals surface area contributed by atoms with Gasteiger partial charge in [0.2, 0.25) is 0 Å². The molecule has 3 rings (SSSR count). The summed E-state index contributed by atoms with van der Waals surface area (Å²) in [4.78, 5) is 12.5. The molecule has 0 radical (unpaired) electrons. The summed E-state index contributed by atoms with van der Waals surface area (Å²) in [5.74, 6) is -14.5. The number of carbonyl (C=O) groups excluding carboxylic acids is 1. The monoisotopic (exact) mass is 597 g/mol. The lowest BCUT2D eigenvalue weighted by molar-refractivity contribution is -0.535. The number of amides is 1. The number of hydrogen-bond acceptors (Lipinski definition) is 3. The summed E-state index contributed by atoms with van der Waals surface area (Å²) in [6.07, 6.45) is -28.0. The van der Waals surface area contributed by atoms with Gasteiger partial charge in [0, 0.05) is 16.8 Å². The van der Waals surface area contributed by atoms with Crippen LogP contribution in [0.4, 0.5) is 62.8 Å². The molecular formula is C23H12F13NO3. The third-order valence-corrected chi connectivity index (χ3v) is 5.09. The molecule has 17 heteroatoms. The van der Waals surface area contributed by atoms with Gasteiger partial charge in [-0.15, -0.1) is 13.2 Å². The molecular weight excluding hydrogens is 585 g/mol. The highest BCUT2D eigenvalue weighted by Gasteiger charge is 2.80. The Morgan fingerprint density at radius 2 is 1.18 bits per heavy atom. The van der Waals surface area contributed by atoms with Gasteiger partial charge in [0.25, 0.3) is 5.91 Å². The van der Waals surface area contributed by atoms with Crippen LogP contribution >= 0.6 is 0 Å². The predicted molar refractivity (Wildman–Crippen MR) is 110 cm³/mol. The molecule has 0 aromatic heterocycles. The number of rotatable bonds is 9. The number of anilines is 1. The van der Waals surface area contributed by atoms with Gasteiger partial charge >= 0.3 is 36.5 Å². The third kappa shape index (κ3) is 6.09. The maximum absolute atomic E-state index is 14.5. The Bertz CT molecular complexity index is 1390. The molecule has 0 unspecified atom stereocenters. The molecule has 0 fully saturated rings. The molecule has 218 valence electrons. The Hall–Kier alpha value is -3.60. The topological polar surface area (TPSA) is 47.6 Å². The van der Waals surface area contributed by atoms with Crippen molar-refractivity contribution in [1.29, 1.82) is 0 Å². The number of hydrogen-bond donors (Lipinski definition) is 1. The molecule has 1 amide bonds. The van der Waals surface area contributed by atoms with Crippen molar-refractivity contribution in [2.75, 3.05) is 5.32 Å². The van der Waals surface area contributed by atoms with E-state index >= 15 is 0 Å². The van der Waals surface area contributed by atoms with Crippen molar-refractivity contribution in [1.82, 2.24) is 0 Å². The van der Waals surface area contributed by atoms with Crippen LogP contribution in [0.25, 0.3) is 10.8 Å². The zero-order valence-corrected chi connectivity index (χ0v) is 19.0. The Kier molecular flexibility index (Phi) is 7.81. The van der Waals surface area contributed by atoms with E-state index in [4.69, 9.17) is 0 Å². The maximum atomic E-state index is 14.5. The number of ether oxygens (including phenoxy) is 2. The molecule has 0 spiro atoms. The first kappa shape index (κ1) is 30.9. The zero-order chi connectivity index (χ0) is 30.4. The summed E-state index contributed by atoms with van der Waals surface area (Å²) in [5.41, 5.74) is -2.60. The van der Waals surface area contributed by atoms with Crippen LogP contribution in [0.2, 0.25) is 0 Å². The average molecular weight is 597 g/mol. The summed E-state index contributed by atoms with van der Waals surface area (Å²) >= 11 is 0. The fourth-order valence-electron chi connectivity index (χ4n) is 3.16. The van der Waals surface area contributed by atoms with Crippen LogP contribution in [-0.4, -0.2) is 36.5 Å². The second kappa shape index (κ2) is 10.1. The summed E-state index contributed by atoms with van der Waals surface area (Å²) in [6.45, 7) is 0. The lowest BCUT2D eigenvalue weighted by atomic mass is 10.1. The first-order valence-electron chi connectivity index (χ1n) is 10.4. The first-order valence-corrected chi connectivity index (χ1v) is 10.4. The zero-order valence-electron chi connectivity index (χ0n) is 19.0. The number of alkyl halides is 13. The first-order chi connectivity index (χ1) is 18.1. The van der Waals surface area contributed by atoms with E-state index in [-0.39, 0.29) is 17.7 Å². The van der Waals surface area contributed by atoms with E-state index in [0.29, 0.717) is 16.8 Å². The lowest BCUT2D eigenvalue weighted by Gasteiger charge is -2.35. The summed E-state index contributed by atoms with van der Waals surface area (Å²) in [7, 11) is 0. The molecule has 0 saturated heterocycles. The number of nitrogens with one attached hydrogen (secondary N) is 1. The van der Waals surface area contributed by atoms with Crippen LogP contribution in [0.5, 0.6) is 0 Å². The second-order valence-electron chi connectivity index (χ2n) is 7.95. The van der Waals surface area contributed by atoms with E-state index in [1.807, 2.05) is 0 Å². The van der Waals surface area contributed by atoms with Crippen molar-refractivity contribution in [3.8, 4) is 0 Å². The van der Waals surface area contributed by atoms with Crippen molar-refractivity contribution in [3.05, 3.63) is 77.9 Å². The predicted octanol–water partition coefficient (Wildman–Crippen LogP) is 8.15. The fraction of sp³-hybridized carbons (Fsp3) is 0.261. The Morgan fingerprint density at radius 3 is 1.77 bits per heavy atom. The second-order valence-corrected chi connectivity index (χ2v) is 7.95. The summed E-state index contributed by atoms with van der Waals surface area (Å²) in [6, 6.07) is 12.6. The highest BCUT2D eigenvalue weighted by atomic mass is 19.4. The highest BCUT2D eigenvalue weighted by Crippen LogP contribution is 2.54. The van der Waals surface area contributed by atoms with E-state index in [9.17, 15) is 61.9 Å². The van der Waals surface area contributed by atoms with Gasteiger partial charge in [-0.05, 0) is 35.0 Å². The van der Waals surface area contributed by atoms with Gasteiger partial charge in [0.1, 0.15) is 0 Å². The van der Waals surface area contributed by atoms with Gasteiger partial charge in [0.05, 0.1) is 0 Å². The molecule has 0 aliphatic carbocycles. The molecule has 40 heavy (non-hydrogen) atoms. The standard InChI is InChI=1S/C23H12F13NO3/c24-18(25,20(28,29)39-21(30,31)19(26,27)22(32,33)40-23(34,35)36)15-6-3-7-16(11-15)37-17(38)14-9-8-12-4-1-2-5-13(12)10-14/h1-11H,(H,37,38). The quantitative estimate of drug-likeness (QED) is 0.254. The minimum absolute atomic E-state index is 0.0339. The molecule has 0 aliphatic heterocycles. The minimum atomic E-state index is -7.52. The molecule has 0 atom stereocenters. The molecule has 0 bridgehead atoms. The van der Waals surface area contributed by atoms with Crippen LogP contribution in [0.15, 0.2) is 66.7 Å². The smallest absolute Gasteiger partial charge is 0.322 e. The minimum Gasteiger partial charge on any atom is -0.322 e. The van der Waals surface area contributed by atoms with Crippen molar-refractivity contribution in [2.45, 2.75) is 36.5 Å². The van der Waals surface area contributed by atoms with Crippen LogP contribution < -0.4 is 5.32 Å².